The van der Waals surface area contributed by atoms with Gasteiger partial charge in [0.2, 0.25) is 5.91 Å². The predicted molar refractivity (Wildman–Crippen MR) is 173 cm³/mol. The Kier molecular flexibility index (Phi) is 10.4. The number of carboxylic acids is 1. The molecule has 9 nitrogen and oxygen atoms in total. The van der Waals surface area contributed by atoms with Crippen LogP contribution in [0.2, 0.25) is 0 Å². The number of benzene rings is 4. The summed E-state index contributed by atoms with van der Waals surface area (Å²) in [5.41, 5.74) is 4.39. The van der Waals surface area contributed by atoms with Crippen LogP contribution in [0, 0.1) is 6.92 Å². The van der Waals surface area contributed by atoms with Crippen molar-refractivity contribution in [2.45, 2.75) is 44.9 Å². The van der Waals surface area contributed by atoms with Crippen LogP contribution in [0.15, 0.2) is 103 Å². The number of amides is 3. The van der Waals surface area contributed by atoms with E-state index < -0.39 is 5.97 Å². The van der Waals surface area contributed by atoms with Crippen LogP contribution < -0.4 is 15.4 Å². The second kappa shape index (κ2) is 15.0. The summed E-state index contributed by atoms with van der Waals surface area (Å²) in [4.78, 5) is 39.3. The zero-order valence-electron chi connectivity index (χ0n) is 25.1. The number of anilines is 2. The number of aromatic carboxylic acids is 1. The second-order valence-electron chi connectivity index (χ2n) is 11.1. The van der Waals surface area contributed by atoms with Crippen LogP contribution in [-0.4, -0.2) is 53.2 Å². The van der Waals surface area contributed by atoms with Crippen LogP contribution in [0.5, 0.6) is 5.75 Å². The lowest BCUT2D eigenvalue weighted by atomic mass is 10.1. The molecule has 0 aromatic heterocycles. The van der Waals surface area contributed by atoms with Crippen molar-refractivity contribution in [1.82, 2.24) is 4.90 Å². The van der Waals surface area contributed by atoms with Crippen LogP contribution in [0.25, 0.3) is 0 Å². The predicted octanol–water partition coefficient (Wildman–Crippen LogP) is 6.54. The maximum atomic E-state index is 13.8. The highest BCUT2D eigenvalue weighted by molar-refractivity contribution is 6.00. The van der Waals surface area contributed by atoms with Gasteiger partial charge in [-0.25, -0.2) is 9.59 Å². The van der Waals surface area contributed by atoms with Gasteiger partial charge in [0.1, 0.15) is 12.4 Å². The van der Waals surface area contributed by atoms with Gasteiger partial charge in [0, 0.05) is 11.4 Å². The van der Waals surface area contributed by atoms with Gasteiger partial charge in [-0.3, -0.25) is 4.79 Å². The Morgan fingerprint density at radius 1 is 0.778 bits per heavy atom. The number of hydrogen-bond donors (Lipinski definition) is 3. The number of nitrogens with zero attached hydrogens (tertiary/aromatic N) is 1. The summed E-state index contributed by atoms with van der Waals surface area (Å²) < 4.78 is 12.1. The van der Waals surface area contributed by atoms with Crippen molar-refractivity contribution in [3.8, 4) is 5.75 Å². The zero-order valence-corrected chi connectivity index (χ0v) is 25.1. The van der Waals surface area contributed by atoms with Crippen LogP contribution in [0.1, 0.15) is 39.9 Å². The van der Waals surface area contributed by atoms with Crippen molar-refractivity contribution in [2.24, 2.45) is 0 Å². The van der Waals surface area contributed by atoms with E-state index in [1.165, 1.54) is 12.1 Å². The molecule has 45 heavy (non-hydrogen) atoms. The third-order valence-electron chi connectivity index (χ3n) is 7.83. The minimum atomic E-state index is -0.998. The van der Waals surface area contributed by atoms with Crippen molar-refractivity contribution in [2.75, 3.05) is 23.8 Å². The van der Waals surface area contributed by atoms with Crippen LogP contribution in [0.4, 0.5) is 16.2 Å². The lowest BCUT2D eigenvalue weighted by molar-refractivity contribution is -0.135. The van der Waals surface area contributed by atoms with Gasteiger partial charge in [-0.05, 0) is 78.9 Å². The first-order valence-electron chi connectivity index (χ1n) is 15.0. The van der Waals surface area contributed by atoms with E-state index in [2.05, 4.69) is 10.6 Å². The van der Waals surface area contributed by atoms with Gasteiger partial charge in [-0.15, -0.1) is 0 Å². The van der Waals surface area contributed by atoms with Crippen molar-refractivity contribution in [3.05, 3.63) is 125 Å². The number of aryl methyl sites for hydroxylation is 1. The van der Waals surface area contributed by atoms with Crippen molar-refractivity contribution < 1.29 is 29.0 Å². The molecule has 0 saturated carbocycles. The van der Waals surface area contributed by atoms with E-state index in [-0.39, 0.29) is 42.6 Å². The summed E-state index contributed by atoms with van der Waals surface area (Å²) in [6.07, 6.45) is 1.73. The van der Waals surface area contributed by atoms with Crippen molar-refractivity contribution in [1.29, 1.82) is 0 Å². The molecule has 1 fully saturated rings. The minimum Gasteiger partial charge on any atom is -0.491 e. The van der Waals surface area contributed by atoms with Crippen LogP contribution in [0.3, 0.4) is 0 Å². The Morgan fingerprint density at radius 2 is 1.44 bits per heavy atom. The molecule has 1 saturated heterocycles. The van der Waals surface area contributed by atoms with Gasteiger partial charge >= 0.3 is 12.0 Å². The maximum absolute atomic E-state index is 13.8. The number of hydrogen-bond acceptors (Lipinski definition) is 5. The number of carbonyl (C=O) groups excluding carboxylic acids is 2. The smallest absolute Gasteiger partial charge is 0.335 e. The van der Waals surface area contributed by atoms with E-state index >= 15 is 0 Å². The normalized spacial score (nSPS) is 15.8. The van der Waals surface area contributed by atoms with E-state index in [0.717, 1.165) is 35.2 Å². The molecule has 2 atom stereocenters. The number of likely N-dealkylation sites (tertiary alicyclic amines) is 1. The largest absolute Gasteiger partial charge is 0.491 e. The maximum Gasteiger partial charge on any atom is 0.335 e. The summed E-state index contributed by atoms with van der Waals surface area (Å²) in [6, 6.07) is 30.4. The Balaban J connectivity index is 1.21. The molecule has 4 aromatic rings. The van der Waals surface area contributed by atoms with E-state index in [1.54, 1.807) is 24.3 Å². The monoisotopic (exact) mass is 607 g/mol. The van der Waals surface area contributed by atoms with E-state index in [9.17, 15) is 14.4 Å². The summed E-state index contributed by atoms with van der Waals surface area (Å²) >= 11 is 0. The van der Waals surface area contributed by atoms with Crippen LogP contribution in [-0.2, 0) is 22.6 Å². The SMILES string of the molecule is Cc1ccccc1NC(=O)Nc1ccc(CC(=O)N2[C@@H](COCc3ccccc3)CC[C@H]2COc2ccc(C(=O)O)cc2)cc1. The van der Waals surface area contributed by atoms with Gasteiger partial charge in [0.05, 0.1) is 37.3 Å². The highest BCUT2D eigenvalue weighted by Crippen LogP contribution is 2.27. The van der Waals surface area contributed by atoms with Gasteiger partial charge in [0.25, 0.3) is 0 Å². The summed E-state index contributed by atoms with van der Waals surface area (Å²) in [7, 11) is 0. The van der Waals surface area contributed by atoms with E-state index in [0.29, 0.717) is 24.7 Å². The molecule has 4 aromatic carbocycles. The third kappa shape index (κ3) is 8.70. The average molecular weight is 608 g/mol. The molecule has 3 N–H and O–H groups in total. The van der Waals surface area contributed by atoms with E-state index in [1.807, 2.05) is 78.6 Å². The third-order valence-corrected chi connectivity index (χ3v) is 7.83. The molecule has 0 unspecified atom stereocenters. The van der Waals surface area contributed by atoms with Gasteiger partial charge in [-0.2, -0.15) is 0 Å². The molecule has 1 heterocycles. The molecule has 3 amide bonds. The van der Waals surface area contributed by atoms with Crippen LogP contribution >= 0.6 is 0 Å². The molecule has 0 aliphatic carbocycles. The lowest BCUT2D eigenvalue weighted by Gasteiger charge is -2.30. The summed E-state index contributed by atoms with van der Waals surface area (Å²) in [5, 5.41) is 14.9. The quantitative estimate of drug-likeness (QED) is 0.169. The molecule has 1 aliphatic rings. The zero-order chi connectivity index (χ0) is 31.6. The van der Waals surface area contributed by atoms with Gasteiger partial charge in [-0.1, -0.05) is 60.7 Å². The molecule has 0 bridgehead atoms. The van der Waals surface area contributed by atoms with Crippen molar-refractivity contribution >= 4 is 29.3 Å². The first-order chi connectivity index (χ1) is 21.9. The van der Waals surface area contributed by atoms with E-state index in [4.69, 9.17) is 14.6 Å². The fourth-order valence-corrected chi connectivity index (χ4v) is 5.44. The Labute approximate surface area is 262 Å². The molecule has 0 spiro atoms. The Bertz CT molecular complexity index is 1590. The molecule has 0 radical (unpaired) electrons. The highest BCUT2D eigenvalue weighted by Gasteiger charge is 2.37. The number of carboxylic acid groups (broad SMARTS) is 1. The molecule has 9 heteroatoms. The molecule has 232 valence electrons. The van der Waals surface area contributed by atoms with Gasteiger partial charge in [0.15, 0.2) is 0 Å². The standard InChI is InChI=1S/C36H37N3O6/c1-25-7-5-6-10-33(25)38-36(43)37-29-15-11-26(12-16-29)21-34(40)39-30(23-44-22-27-8-3-2-4-9-27)17-18-31(39)24-45-32-19-13-28(14-20-32)35(41)42/h2-16,19-20,30-31H,17-18,21-24H2,1H3,(H,41,42)(H2,37,38,43)/t30-,31+/m1/s1. The van der Waals surface area contributed by atoms with Gasteiger partial charge < -0.3 is 30.1 Å². The first kappa shape index (κ1) is 31.3. The lowest BCUT2D eigenvalue weighted by Crippen LogP contribution is -2.46. The average Bonchev–Trinajstić information content (AvgIpc) is 3.45. The number of rotatable bonds is 12. The number of carbonyl (C=O) groups is 3. The molecule has 5 rings (SSSR count). The molecule has 1 aliphatic heterocycles. The Hall–Kier alpha value is -5.15. The number of para-hydroxylation sites is 1. The fourth-order valence-electron chi connectivity index (χ4n) is 5.44. The Morgan fingerprint density at radius 3 is 2.13 bits per heavy atom. The minimum absolute atomic E-state index is 0.0337. The fraction of sp³-hybridized carbons (Fsp3) is 0.250. The number of nitrogens with one attached hydrogen (secondary N) is 2. The number of ether oxygens (including phenoxy) is 2. The second-order valence-corrected chi connectivity index (χ2v) is 11.1. The highest BCUT2D eigenvalue weighted by atomic mass is 16.5. The number of urea groups is 1. The molecular formula is C36H37N3O6. The van der Waals surface area contributed by atoms with Crippen molar-refractivity contribution in [3.63, 3.8) is 0 Å². The summed E-state index contributed by atoms with van der Waals surface area (Å²) in [6.45, 7) is 3.08. The molecular weight excluding hydrogens is 570 g/mol. The topological polar surface area (TPSA) is 117 Å². The summed E-state index contributed by atoms with van der Waals surface area (Å²) in [5.74, 6) is -0.485. The first-order valence-corrected chi connectivity index (χ1v) is 15.0.